The molecule has 0 amide bonds. The van der Waals surface area contributed by atoms with E-state index in [-0.39, 0.29) is 0 Å². The van der Waals surface area contributed by atoms with Gasteiger partial charge < -0.3 is 0 Å². The van der Waals surface area contributed by atoms with Gasteiger partial charge in [0.1, 0.15) is 0 Å². The van der Waals surface area contributed by atoms with Crippen molar-refractivity contribution in [2.75, 3.05) is 0 Å². The van der Waals surface area contributed by atoms with Crippen LogP contribution in [-0.4, -0.2) is 5.38 Å². The van der Waals surface area contributed by atoms with Crippen LogP contribution in [0.25, 0.3) is 0 Å². The first-order valence-corrected chi connectivity index (χ1v) is 4.44. The number of rotatable bonds is 3. The van der Waals surface area contributed by atoms with Gasteiger partial charge in [-0.25, -0.2) is 0 Å². The molecule has 0 saturated heterocycles. The first kappa shape index (κ1) is 6.03. The fourth-order valence-electron chi connectivity index (χ4n) is 1.32. The standard InChI is InChI=1S/C8H13Cl/c9-8(7-3-4-7)5-6-1-2-6/h6-8H,1-5H2. The first-order valence-electron chi connectivity index (χ1n) is 4.00. The summed E-state index contributed by atoms with van der Waals surface area (Å²) in [6.07, 6.45) is 7.03. The third-order valence-electron chi connectivity index (χ3n) is 2.39. The van der Waals surface area contributed by atoms with Crippen LogP contribution in [0.5, 0.6) is 0 Å². The van der Waals surface area contributed by atoms with Crippen molar-refractivity contribution < 1.29 is 0 Å². The van der Waals surface area contributed by atoms with Crippen LogP contribution in [-0.2, 0) is 0 Å². The van der Waals surface area contributed by atoms with Crippen molar-refractivity contribution in [3.05, 3.63) is 0 Å². The summed E-state index contributed by atoms with van der Waals surface area (Å²) < 4.78 is 0. The molecule has 52 valence electrons. The Morgan fingerprint density at radius 1 is 1.22 bits per heavy atom. The van der Waals surface area contributed by atoms with Crippen molar-refractivity contribution in [2.45, 2.75) is 37.5 Å². The van der Waals surface area contributed by atoms with Gasteiger partial charge in [-0.2, -0.15) is 0 Å². The Bertz CT molecular complexity index is 103. The van der Waals surface area contributed by atoms with Crippen molar-refractivity contribution in [1.29, 1.82) is 0 Å². The van der Waals surface area contributed by atoms with Gasteiger partial charge in [0.25, 0.3) is 0 Å². The Labute approximate surface area is 61.6 Å². The van der Waals surface area contributed by atoms with Gasteiger partial charge in [-0.05, 0) is 31.1 Å². The molecule has 0 nitrogen and oxygen atoms in total. The number of hydrogen-bond donors (Lipinski definition) is 0. The van der Waals surface area contributed by atoms with Crippen LogP contribution in [0.1, 0.15) is 32.1 Å². The van der Waals surface area contributed by atoms with Crippen molar-refractivity contribution >= 4 is 11.6 Å². The fourth-order valence-corrected chi connectivity index (χ4v) is 1.83. The molecule has 0 spiro atoms. The van der Waals surface area contributed by atoms with E-state index in [1.165, 1.54) is 32.1 Å². The van der Waals surface area contributed by atoms with Gasteiger partial charge in [0, 0.05) is 5.38 Å². The van der Waals surface area contributed by atoms with Crippen LogP contribution in [0.2, 0.25) is 0 Å². The zero-order valence-electron chi connectivity index (χ0n) is 5.65. The molecule has 1 atom stereocenters. The van der Waals surface area contributed by atoms with E-state index in [0.717, 1.165) is 11.8 Å². The third-order valence-corrected chi connectivity index (χ3v) is 2.92. The Hall–Kier alpha value is 0.290. The minimum absolute atomic E-state index is 0.539. The zero-order chi connectivity index (χ0) is 6.27. The monoisotopic (exact) mass is 144 g/mol. The number of alkyl halides is 1. The average molecular weight is 145 g/mol. The Morgan fingerprint density at radius 3 is 2.33 bits per heavy atom. The summed E-state index contributed by atoms with van der Waals surface area (Å²) in [7, 11) is 0. The van der Waals surface area contributed by atoms with Crippen LogP contribution in [0.3, 0.4) is 0 Å². The minimum atomic E-state index is 0.539. The Morgan fingerprint density at radius 2 is 1.89 bits per heavy atom. The van der Waals surface area contributed by atoms with Gasteiger partial charge in [-0.3, -0.25) is 0 Å². The van der Waals surface area contributed by atoms with E-state index < -0.39 is 0 Å². The maximum atomic E-state index is 6.11. The van der Waals surface area contributed by atoms with Crippen molar-refractivity contribution in [3.8, 4) is 0 Å². The quantitative estimate of drug-likeness (QED) is 0.535. The molecule has 0 heterocycles. The lowest BCUT2D eigenvalue weighted by molar-refractivity contribution is 0.625. The van der Waals surface area contributed by atoms with Gasteiger partial charge in [-0.15, -0.1) is 11.6 Å². The molecule has 0 N–H and O–H groups in total. The molecule has 2 aliphatic rings. The molecule has 9 heavy (non-hydrogen) atoms. The molecule has 0 aromatic rings. The molecule has 0 bridgehead atoms. The van der Waals surface area contributed by atoms with E-state index in [1.807, 2.05) is 0 Å². The second kappa shape index (κ2) is 2.16. The predicted octanol–water partition coefficient (Wildman–Crippen LogP) is 2.80. The fraction of sp³-hybridized carbons (Fsp3) is 1.00. The van der Waals surface area contributed by atoms with Gasteiger partial charge in [0.05, 0.1) is 0 Å². The molecule has 2 aliphatic carbocycles. The molecule has 0 aliphatic heterocycles. The summed E-state index contributed by atoms with van der Waals surface area (Å²) in [5, 5.41) is 0.539. The summed E-state index contributed by atoms with van der Waals surface area (Å²) in [6, 6.07) is 0. The SMILES string of the molecule is ClC(CC1CC1)C1CC1. The molecule has 1 heteroatoms. The lowest BCUT2D eigenvalue weighted by atomic mass is 10.1. The molecular formula is C8H13Cl. The van der Waals surface area contributed by atoms with Gasteiger partial charge >= 0.3 is 0 Å². The first-order chi connectivity index (χ1) is 4.36. The minimum Gasteiger partial charge on any atom is -0.123 e. The van der Waals surface area contributed by atoms with Crippen LogP contribution in [0.4, 0.5) is 0 Å². The molecule has 2 rings (SSSR count). The van der Waals surface area contributed by atoms with E-state index in [1.54, 1.807) is 0 Å². The van der Waals surface area contributed by atoms with Crippen LogP contribution >= 0.6 is 11.6 Å². The van der Waals surface area contributed by atoms with Crippen LogP contribution in [0, 0.1) is 11.8 Å². The smallest absolute Gasteiger partial charge is 0.0366 e. The van der Waals surface area contributed by atoms with E-state index in [2.05, 4.69) is 0 Å². The average Bonchev–Trinajstić information content (AvgIpc) is 2.62. The van der Waals surface area contributed by atoms with Gasteiger partial charge in [0.15, 0.2) is 0 Å². The third kappa shape index (κ3) is 1.61. The highest BCUT2D eigenvalue weighted by Gasteiger charge is 2.34. The molecule has 2 saturated carbocycles. The summed E-state index contributed by atoms with van der Waals surface area (Å²) in [4.78, 5) is 0. The molecular weight excluding hydrogens is 132 g/mol. The van der Waals surface area contributed by atoms with E-state index in [0.29, 0.717) is 5.38 Å². The summed E-state index contributed by atoms with van der Waals surface area (Å²) >= 11 is 6.11. The largest absolute Gasteiger partial charge is 0.123 e. The number of hydrogen-bond acceptors (Lipinski definition) is 0. The summed E-state index contributed by atoms with van der Waals surface area (Å²) in [5.41, 5.74) is 0. The molecule has 2 fully saturated rings. The lowest BCUT2D eigenvalue weighted by Crippen LogP contribution is -2.01. The Balaban J connectivity index is 1.69. The van der Waals surface area contributed by atoms with Crippen LogP contribution in [0.15, 0.2) is 0 Å². The highest BCUT2D eigenvalue weighted by molar-refractivity contribution is 6.21. The molecule has 1 unspecified atom stereocenters. The zero-order valence-corrected chi connectivity index (χ0v) is 6.40. The van der Waals surface area contributed by atoms with Crippen molar-refractivity contribution in [3.63, 3.8) is 0 Å². The maximum Gasteiger partial charge on any atom is 0.0366 e. The topological polar surface area (TPSA) is 0 Å². The summed E-state index contributed by atoms with van der Waals surface area (Å²) in [5.74, 6) is 1.93. The van der Waals surface area contributed by atoms with E-state index >= 15 is 0 Å². The van der Waals surface area contributed by atoms with Crippen molar-refractivity contribution in [1.82, 2.24) is 0 Å². The van der Waals surface area contributed by atoms with Crippen molar-refractivity contribution in [2.24, 2.45) is 11.8 Å². The number of halogens is 1. The molecule has 0 aromatic heterocycles. The van der Waals surface area contributed by atoms with Crippen LogP contribution < -0.4 is 0 Å². The predicted molar refractivity (Wildman–Crippen MR) is 39.7 cm³/mol. The summed E-state index contributed by atoms with van der Waals surface area (Å²) in [6.45, 7) is 0. The second-order valence-electron chi connectivity index (χ2n) is 3.53. The second-order valence-corrected chi connectivity index (χ2v) is 4.09. The highest BCUT2D eigenvalue weighted by Crippen LogP contribution is 2.43. The lowest BCUT2D eigenvalue weighted by Gasteiger charge is -2.03. The van der Waals surface area contributed by atoms with Gasteiger partial charge in [-0.1, -0.05) is 12.8 Å². The Kier molecular flexibility index (Phi) is 1.45. The highest BCUT2D eigenvalue weighted by atomic mass is 35.5. The van der Waals surface area contributed by atoms with E-state index in [4.69, 9.17) is 11.6 Å². The maximum absolute atomic E-state index is 6.11. The molecule has 0 aromatic carbocycles. The van der Waals surface area contributed by atoms with E-state index in [9.17, 15) is 0 Å². The van der Waals surface area contributed by atoms with Gasteiger partial charge in [0.2, 0.25) is 0 Å². The normalized spacial score (nSPS) is 30.3. The molecule has 0 radical (unpaired) electrons.